The first kappa shape index (κ1) is 17.8. The van der Waals surface area contributed by atoms with Crippen molar-refractivity contribution in [2.75, 3.05) is 6.61 Å². The molecule has 8 heteroatoms. The van der Waals surface area contributed by atoms with E-state index in [-0.39, 0.29) is 11.8 Å². The van der Waals surface area contributed by atoms with E-state index in [0.29, 0.717) is 6.42 Å². The summed E-state index contributed by atoms with van der Waals surface area (Å²) in [5.74, 6) is -0.591. The molecule has 0 aliphatic rings. The Bertz CT molecular complexity index is 515. The number of amides is 3. The first-order valence-electron chi connectivity index (χ1n) is 6.62. The van der Waals surface area contributed by atoms with E-state index >= 15 is 0 Å². The van der Waals surface area contributed by atoms with Crippen LogP contribution in [0.25, 0.3) is 0 Å². The van der Waals surface area contributed by atoms with Gasteiger partial charge in [0.15, 0.2) is 6.61 Å². The number of carbonyl (C=O) groups is 2. The van der Waals surface area contributed by atoms with Gasteiger partial charge in [0.25, 0.3) is 5.91 Å². The second-order valence-corrected chi connectivity index (χ2v) is 4.64. The molecule has 0 aliphatic heterocycles. The van der Waals surface area contributed by atoms with Crippen molar-refractivity contribution in [3.05, 3.63) is 29.8 Å². The maximum atomic E-state index is 12.4. The molecular weight excluding hydrogens is 301 g/mol. The minimum atomic E-state index is -4.43. The van der Waals surface area contributed by atoms with E-state index in [1.165, 1.54) is 0 Å². The van der Waals surface area contributed by atoms with E-state index < -0.39 is 30.3 Å². The summed E-state index contributed by atoms with van der Waals surface area (Å²) in [6, 6.07) is 3.19. The molecule has 1 aromatic carbocycles. The van der Waals surface area contributed by atoms with Crippen LogP contribution in [0.4, 0.5) is 18.0 Å². The molecule has 2 N–H and O–H groups in total. The summed E-state index contributed by atoms with van der Waals surface area (Å²) < 4.78 is 42.1. The third kappa shape index (κ3) is 6.02. The van der Waals surface area contributed by atoms with Crippen molar-refractivity contribution in [1.82, 2.24) is 10.6 Å². The third-order valence-corrected chi connectivity index (χ3v) is 2.79. The lowest BCUT2D eigenvalue weighted by Crippen LogP contribution is -2.44. The van der Waals surface area contributed by atoms with Crippen molar-refractivity contribution < 1.29 is 27.5 Å². The molecule has 3 amide bonds. The molecule has 0 spiro atoms. The Hall–Kier alpha value is -2.25. The average Bonchev–Trinajstić information content (AvgIpc) is 2.44. The lowest BCUT2D eigenvalue weighted by Gasteiger charge is -2.12. The SMILES string of the molecule is CC[C@@H](C)NC(=O)NC(=O)COc1ccc(C(F)(F)F)cc1. The van der Waals surface area contributed by atoms with Crippen molar-refractivity contribution in [3.8, 4) is 5.75 Å². The summed E-state index contributed by atoms with van der Waals surface area (Å²) in [5, 5.41) is 4.59. The van der Waals surface area contributed by atoms with Crippen LogP contribution in [-0.2, 0) is 11.0 Å². The Morgan fingerprint density at radius 1 is 1.23 bits per heavy atom. The molecule has 22 heavy (non-hydrogen) atoms. The molecule has 0 aliphatic carbocycles. The number of hydrogen-bond acceptors (Lipinski definition) is 3. The van der Waals surface area contributed by atoms with Gasteiger partial charge >= 0.3 is 12.2 Å². The minimum Gasteiger partial charge on any atom is -0.484 e. The molecule has 0 unspecified atom stereocenters. The van der Waals surface area contributed by atoms with E-state index in [1.54, 1.807) is 6.92 Å². The van der Waals surface area contributed by atoms with E-state index in [2.05, 4.69) is 10.6 Å². The van der Waals surface area contributed by atoms with Gasteiger partial charge in [0.2, 0.25) is 0 Å². The number of rotatable bonds is 5. The van der Waals surface area contributed by atoms with E-state index in [9.17, 15) is 22.8 Å². The molecule has 0 radical (unpaired) electrons. The molecule has 0 saturated heterocycles. The highest BCUT2D eigenvalue weighted by Crippen LogP contribution is 2.30. The molecule has 5 nitrogen and oxygen atoms in total. The minimum absolute atomic E-state index is 0.0800. The van der Waals surface area contributed by atoms with Crippen LogP contribution in [0.3, 0.4) is 0 Å². The fraction of sp³-hybridized carbons (Fsp3) is 0.429. The van der Waals surface area contributed by atoms with Gasteiger partial charge in [-0.25, -0.2) is 4.79 Å². The molecule has 122 valence electrons. The maximum absolute atomic E-state index is 12.4. The van der Waals surface area contributed by atoms with Crippen LogP contribution in [0, 0.1) is 0 Å². The zero-order valence-corrected chi connectivity index (χ0v) is 12.2. The van der Waals surface area contributed by atoms with Crippen molar-refractivity contribution in [2.45, 2.75) is 32.5 Å². The Balaban J connectivity index is 2.43. The number of benzene rings is 1. The smallest absolute Gasteiger partial charge is 0.416 e. The first-order valence-corrected chi connectivity index (χ1v) is 6.62. The van der Waals surface area contributed by atoms with Gasteiger partial charge in [-0.05, 0) is 37.6 Å². The molecule has 0 saturated carbocycles. The summed E-state index contributed by atoms with van der Waals surface area (Å²) >= 11 is 0. The number of ether oxygens (including phenoxy) is 1. The predicted octanol–water partition coefficient (Wildman–Crippen LogP) is 2.71. The zero-order valence-electron chi connectivity index (χ0n) is 12.2. The Kier molecular flexibility index (Phi) is 6.21. The fourth-order valence-electron chi connectivity index (χ4n) is 1.41. The topological polar surface area (TPSA) is 67.4 Å². The number of halogens is 3. The second kappa shape index (κ2) is 7.67. The summed E-state index contributed by atoms with van der Waals surface area (Å²) in [6.07, 6.45) is -3.71. The largest absolute Gasteiger partial charge is 0.484 e. The first-order chi connectivity index (χ1) is 10.2. The van der Waals surface area contributed by atoms with Crippen molar-refractivity contribution >= 4 is 11.9 Å². The summed E-state index contributed by atoms with van der Waals surface area (Å²) in [7, 11) is 0. The molecular formula is C14H17F3N2O3. The van der Waals surface area contributed by atoms with Gasteiger partial charge in [0.05, 0.1) is 5.56 Å². The van der Waals surface area contributed by atoms with E-state index in [4.69, 9.17) is 4.74 Å². The lowest BCUT2D eigenvalue weighted by atomic mass is 10.2. The number of hydrogen-bond donors (Lipinski definition) is 2. The van der Waals surface area contributed by atoms with Crippen molar-refractivity contribution in [3.63, 3.8) is 0 Å². The molecule has 0 fully saturated rings. The van der Waals surface area contributed by atoms with Crippen LogP contribution < -0.4 is 15.4 Å². The standard InChI is InChI=1S/C14H17F3N2O3/c1-3-9(2)18-13(21)19-12(20)8-22-11-6-4-10(5-7-11)14(15,16)17/h4-7,9H,3,8H2,1-2H3,(H2,18,19,20,21)/t9-/m1/s1. The van der Waals surface area contributed by atoms with Gasteiger partial charge < -0.3 is 10.1 Å². The van der Waals surface area contributed by atoms with Gasteiger partial charge in [0, 0.05) is 6.04 Å². The molecule has 0 aromatic heterocycles. The second-order valence-electron chi connectivity index (χ2n) is 4.64. The summed E-state index contributed by atoms with van der Waals surface area (Å²) in [5.41, 5.74) is -0.808. The third-order valence-electron chi connectivity index (χ3n) is 2.79. The monoisotopic (exact) mass is 318 g/mol. The van der Waals surface area contributed by atoms with Crippen LogP contribution in [0.2, 0.25) is 0 Å². The van der Waals surface area contributed by atoms with Crippen LogP contribution in [-0.4, -0.2) is 24.6 Å². The van der Waals surface area contributed by atoms with E-state index in [0.717, 1.165) is 24.3 Å². The zero-order chi connectivity index (χ0) is 16.8. The van der Waals surface area contributed by atoms with Crippen LogP contribution in [0.1, 0.15) is 25.8 Å². The normalized spacial score (nSPS) is 12.4. The highest BCUT2D eigenvalue weighted by atomic mass is 19.4. The molecule has 1 aromatic rings. The summed E-state index contributed by atoms with van der Waals surface area (Å²) in [4.78, 5) is 22.8. The number of alkyl halides is 3. The molecule has 0 heterocycles. The van der Waals surface area contributed by atoms with Crippen LogP contribution >= 0.6 is 0 Å². The Morgan fingerprint density at radius 2 is 1.82 bits per heavy atom. The highest BCUT2D eigenvalue weighted by Gasteiger charge is 2.30. The van der Waals surface area contributed by atoms with Gasteiger partial charge in [-0.1, -0.05) is 6.92 Å². The molecule has 1 rings (SSSR count). The Morgan fingerprint density at radius 3 is 2.32 bits per heavy atom. The van der Waals surface area contributed by atoms with Gasteiger partial charge in [-0.15, -0.1) is 0 Å². The maximum Gasteiger partial charge on any atom is 0.416 e. The fourth-order valence-corrected chi connectivity index (χ4v) is 1.41. The number of nitrogens with one attached hydrogen (secondary N) is 2. The lowest BCUT2D eigenvalue weighted by molar-refractivity contribution is -0.137. The molecule has 1 atom stereocenters. The van der Waals surface area contributed by atoms with Crippen molar-refractivity contribution in [1.29, 1.82) is 0 Å². The predicted molar refractivity (Wildman–Crippen MR) is 73.4 cm³/mol. The van der Waals surface area contributed by atoms with Gasteiger partial charge in [0.1, 0.15) is 5.75 Å². The number of imide groups is 1. The highest BCUT2D eigenvalue weighted by molar-refractivity contribution is 5.95. The van der Waals surface area contributed by atoms with Gasteiger partial charge in [-0.3, -0.25) is 10.1 Å². The molecule has 0 bridgehead atoms. The number of carbonyl (C=O) groups excluding carboxylic acids is 2. The van der Waals surface area contributed by atoms with Crippen LogP contribution in [0.15, 0.2) is 24.3 Å². The van der Waals surface area contributed by atoms with Crippen molar-refractivity contribution in [2.24, 2.45) is 0 Å². The Labute approximate surface area is 125 Å². The number of urea groups is 1. The quantitative estimate of drug-likeness (QED) is 0.877. The summed E-state index contributed by atoms with van der Waals surface area (Å²) in [6.45, 7) is 3.18. The average molecular weight is 318 g/mol. The van der Waals surface area contributed by atoms with E-state index in [1.807, 2.05) is 6.92 Å². The van der Waals surface area contributed by atoms with Gasteiger partial charge in [-0.2, -0.15) is 13.2 Å². The van der Waals surface area contributed by atoms with Crippen LogP contribution in [0.5, 0.6) is 5.75 Å².